The topological polar surface area (TPSA) is 84.2 Å². The fourth-order valence-electron chi connectivity index (χ4n) is 2.06. The maximum Gasteiger partial charge on any atom is 0.249 e. The lowest BCUT2D eigenvalue weighted by Crippen LogP contribution is -2.47. The summed E-state index contributed by atoms with van der Waals surface area (Å²) in [6.45, 7) is 1.91. The van der Waals surface area contributed by atoms with Crippen molar-refractivity contribution in [1.82, 2.24) is 5.32 Å². The zero-order chi connectivity index (χ0) is 14.0. The van der Waals surface area contributed by atoms with Gasteiger partial charge in [0.25, 0.3) is 0 Å². The van der Waals surface area contributed by atoms with E-state index in [1.165, 1.54) is 0 Å². The number of aryl methyl sites for hydroxylation is 1. The highest BCUT2D eigenvalue weighted by Crippen LogP contribution is 2.18. The van der Waals surface area contributed by atoms with Gasteiger partial charge in [0.1, 0.15) is 11.0 Å². The highest BCUT2D eigenvalue weighted by atomic mass is 32.1. The van der Waals surface area contributed by atoms with Crippen molar-refractivity contribution in [3.63, 3.8) is 0 Å². The molecule has 2 amide bonds. The highest BCUT2D eigenvalue weighted by Gasteiger charge is 2.26. The van der Waals surface area contributed by atoms with Crippen molar-refractivity contribution >= 4 is 34.7 Å². The van der Waals surface area contributed by atoms with Crippen molar-refractivity contribution < 1.29 is 9.59 Å². The molecule has 19 heavy (non-hydrogen) atoms. The lowest BCUT2D eigenvalue weighted by Gasteiger charge is -2.23. The number of hydrogen-bond acceptors (Lipinski definition) is 4. The number of anilines is 1. The molecule has 1 aromatic rings. The van der Waals surface area contributed by atoms with E-state index in [2.05, 4.69) is 10.6 Å². The number of nitrogens with one attached hydrogen (secondary N) is 2. The summed E-state index contributed by atoms with van der Waals surface area (Å²) in [5.41, 5.74) is 8.18. The van der Waals surface area contributed by atoms with Gasteiger partial charge < -0.3 is 11.1 Å². The van der Waals surface area contributed by atoms with E-state index in [-0.39, 0.29) is 17.9 Å². The molecule has 2 rings (SSSR count). The summed E-state index contributed by atoms with van der Waals surface area (Å²) in [7, 11) is 0. The Hall–Kier alpha value is -1.95. The van der Waals surface area contributed by atoms with Gasteiger partial charge in [-0.1, -0.05) is 12.2 Å². The number of carbonyl (C=O) groups is 2. The average molecular weight is 277 g/mol. The molecule has 1 atom stereocenters. The van der Waals surface area contributed by atoms with Gasteiger partial charge in [0.15, 0.2) is 0 Å². The molecular weight excluding hydrogens is 262 g/mol. The molecule has 0 aliphatic carbocycles. The smallest absolute Gasteiger partial charge is 0.249 e. The molecule has 0 spiro atoms. The fraction of sp³-hybridized carbons (Fsp3) is 0.308. The number of carbonyl (C=O) groups excluding carboxylic acids is 2. The minimum atomic E-state index is -0.382. The van der Waals surface area contributed by atoms with E-state index in [1.807, 2.05) is 25.1 Å². The Kier molecular flexibility index (Phi) is 3.80. The molecule has 5 nitrogen and oxygen atoms in total. The van der Waals surface area contributed by atoms with Crippen LogP contribution in [-0.2, 0) is 9.59 Å². The first-order valence-electron chi connectivity index (χ1n) is 5.98. The summed E-state index contributed by atoms with van der Waals surface area (Å²) in [4.78, 5) is 23.0. The van der Waals surface area contributed by atoms with E-state index in [0.29, 0.717) is 17.8 Å². The molecule has 0 bridgehead atoms. The second-order valence-electron chi connectivity index (χ2n) is 4.54. The van der Waals surface area contributed by atoms with Crippen LogP contribution in [-0.4, -0.2) is 22.8 Å². The molecule has 1 heterocycles. The number of amides is 2. The molecule has 4 N–H and O–H groups in total. The first-order valence-corrected chi connectivity index (χ1v) is 6.39. The molecule has 1 unspecified atom stereocenters. The quantitative estimate of drug-likeness (QED) is 0.563. The summed E-state index contributed by atoms with van der Waals surface area (Å²) < 4.78 is 0. The maximum absolute atomic E-state index is 11.6. The third kappa shape index (κ3) is 3.08. The first kappa shape index (κ1) is 13.5. The number of thiocarbonyl (C=S) groups is 1. The SMILES string of the molecule is Cc1cc(NC2CCC(=O)NC2=O)ccc1C(N)=S. The van der Waals surface area contributed by atoms with E-state index in [1.54, 1.807) is 0 Å². The fourth-order valence-corrected chi connectivity index (χ4v) is 2.29. The van der Waals surface area contributed by atoms with Crippen LogP contribution in [0.4, 0.5) is 5.69 Å². The summed E-state index contributed by atoms with van der Waals surface area (Å²) in [6.07, 6.45) is 0.855. The van der Waals surface area contributed by atoms with E-state index in [0.717, 1.165) is 16.8 Å². The molecule has 0 saturated carbocycles. The zero-order valence-electron chi connectivity index (χ0n) is 10.5. The van der Waals surface area contributed by atoms with Crippen molar-refractivity contribution in [2.24, 2.45) is 5.73 Å². The Labute approximate surface area is 116 Å². The number of rotatable bonds is 3. The van der Waals surface area contributed by atoms with Crippen LogP contribution in [0.15, 0.2) is 18.2 Å². The standard InChI is InChI=1S/C13H15N3O2S/c1-7-6-8(2-3-9(7)12(14)19)15-10-4-5-11(17)16-13(10)18/h2-3,6,10,15H,4-5H2,1H3,(H2,14,19)(H,16,17,18). The minimum absolute atomic E-state index is 0.219. The normalized spacial score (nSPS) is 18.9. The van der Waals surface area contributed by atoms with Crippen LogP contribution in [0.1, 0.15) is 24.0 Å². The number of imide groups is 1. The van der Waals surface area contributed by atoms with Gasteiger partial charge in [-0.3, -0.25) is 14.9 Å². The number of nitrogens with two attached hydrogens (primary N) is 1. The van der Waals surface area contributed by atoms with E-state index in [4.69, 9.17) is 18.0 Å². The average Bonchev–Trinajstić information content (AvgIpc) is 2.32. The predicted molar refractivity (Wildman–Crippen MR) is 76.9 cm³/mol. The first-order chi connectivity index (χ1) is 8.97. The zero-order valence-corrected chi connectivity index (χ0v) is 11.3. The van der Waals surface area contributed by atoms with Gasteiger partial charge >= 0.3 is 0 Å². The molecule has 1 aliphatic heterocycles. The lowest BCUT2D eigenvalue weighted by molar-refractivity contribution is -0.133. The van der Waals surface area contributed by atoms with E-state index >= 15 is 0 Å². The molecule has 6 heteroatoms. The molecule has 100 valence electrons. The maximum atomic E-state index is 11.6. The number of hydrogen-bond donors (Lipinski definition) is 3. The van der Waals surface area contributed by atoms with Crippen molar-refractivity contribution in [3.05, 3.63) is 29.3 Å². The van der Waals surface area contributed by atoms with Gasteiger partial charge in [0.05, 0.1) is 0 Å². The van der Waals surface area contributed by atoms with Crippen LogP contribution in [0, 0.1) is 6.92 Å². The van der Waals surface area contributed by atoms with E-state index in [9.17, 15) is 9.59 Å². The molecular formula is C13H15N3O2S. The Morgan fingerprint density at radius 3 is 2.79 bits per heavy atom. The Balaban J connectivity index is 2.11. The van der Waals surface area contributed by atoms with Crippen molar-refractivity contribution in [2.45, 2.75) is 25.8 Å². The molecule has 0 aromatic heterocycles. The third-order valence-electron chi connectivity index (χ3n) is 3.07. The van der Waals surface area contributed by atoms with Crippen molar-refractivity contribution in [3.8, 4) is 0 Å². The van der Waals surface area contributed by atoms with E-state index < -0.39 is 0 Å². The molecule has 1 aliphatic rings. The van der Waals surface area contributed by atoms with Gasteiger partial charge in [-0.25, -0.2) is 0 Å². The van der Waals surface area contributed by atoms with Crippen LogP contribution in [0.5, 0.6) is 0 Å². The second kappa shape index (κ2) is 5.36. The predicted octanol–water partition coefficient (Wildman–Crippen LogP) is 0.846. The third-order valence-corrected chi connectivity index (χ3v) is 3.29. The highest BCUT2D eigenvalue weighted by molar-refractivity contribution is 7.80. The van der Waals surface area contributed by atoms with Crippen LogP contribution in [0.25, 0.3) is 0 Å². The molecule has 1 fully saturated rings. The molecule has 1 aromatic carbocycles. The van der Waals surface area contributed by atoms with Gasteiger partial charge in [-0.15, -0.1) is 0 Å². The Bertz CT molecular complexity index is 557. The lowest BCUT2D eigenvalue weighted by atomic mass is 10.0. The Morgan fingerprint density at radius 2 is 2.21 bits per heavy atom. The summed E-state index contributed by atoms with van der Waals surface area (Å²) in [6, 6.07) is 5.16. The summed E-state index contributed by atoms with van der Waals surface area (Å²) in [5, 5.41) is 5.42. The van der Waals surface area contributed by atoms with Crippen molar-refractivity contribution in [1.29, 1.82) is 0 Å². The van der Waals surface area contributed by atoms with Gasteiger partial charge in [-0.2, -0.15) is 0 Å². The van der Waals surface area contributed by atoms with Crippen molar-refractivity contribution in [2.75, 3.05) is 5.32 Å². The van der Waals surface area contributed by atoms with Crippen LogP contribution in [0.2, 0.25) is 0 Å². The molecule has 0 radical (unpaired) electrons. The monoisotopic (exact) mass is 277 g/mol. The summed E-state index contributed by atoms with van der Waals surface area (Å²) in [5.74, 6) is -0.504. The van der Waals surface area contributed by atoms with Gasteiger partial charge in [0, 0.05) is 17.7 Å². The second-order valence-corrected chi connectivity index (χ2v) is 4.98. The number of benzene rings is 1. The van der Waals surface area contributed by atoms with Gasteiger partial charge in [0.2, 0.25) is 11.8 Å². The largest absolute Gasteiger partial charge is 0.389 e. The van der Waals surface area contributed by atoms with Crippen LogP contribution in [0.3, 0.4) is 0 Å². The molecule has 1 saturated heterocycles. The van der Waals surface area contributed by atoms with Crippen LogP contribution < -0.4 is 16.4 Å². The summed E-state index contributed by atoms with van der Waals surface area (Å²) >= 11 is 4.94. The van der Waals surface area contributed by atoms with Gasteiger partial charge in [-0.05, 0) is 37.1 Å². The Morgan fingerprint density at radius 1 is 1.47 bits per heavy atom. The number of piperidine rings is 1. The van der Waals surface area contributed by atoms with Crippen LogP contribution >= 0.6 is 12.2 Å². The minimum Gasteiger partial charge on any atom is -0.389 e.